The first kappa shape index (κ1) is 16.1. The predicted octanol–water partition coefficient (Wildman–Crippen LogP) is 2.04. The zero-order chi connectivity index (χ0) is 17.2. The van der Waals surface area contributed by atoms with E-state index in [1.54, 1.807) is 24.3 Å². The first-order valence-electron chi connectivity index (χ1n) is 7.09. The predicted molar refractivity (Wildman–Crippen MR) is 88.2 cm³/mol. The SMILES string of the molecule is COc1cc(/C=N\NS(=O)(=O)c2ccc(C)cc2)cc2c1OCO2. The van der Waals surface area contributed by atoms with Gasteiger partial charge in [0.25, 0.3) is 10.0 Å². The van der Waals surface area contributed by atoms with E-state index in [2.05, 4.69) is 9.93 Å². The summed E-state index contributed by atoms with van der Waals surface area (Å²) in [7, 11) is -2.20. The molecule has 0 amide bonds. The van der Waals surface area contributed by atoms with Gasteiger partial charge in [-0.05, 0) is 31.2 Å². The van der Waals surface area contributed by atoms with E-state index in [1.165, 1.54) is 25.5 Å². The molecule has 0 saturated carbocycles. The van der Waals surface area contributed by atoms with Crippen molar-refractivity contribution in [1.82, 2.24) is 4.83 Å². The van der Waals surface area contributed by atoms with Crippen LogP contribution in [0.3, 0.4) is 0 Å². The molecule has 3 rings (SSSR count). The Labute approximate surface area is 139 Å². The summed E-state index contributed by atoms with van der Waals surface area (Å²) in [5.74, 6) is 1.54. The second kappa shape index (κ2) is 6.40. The van der Waals surface area contributed by atoms with Crippen LogP contribution >= 0.6 is 0 Å². The highest BCUT2D eigenvalue weighted by molar-refractivity contribution is 7.89. The van der Waals surface area contributed by atoms with Crippen molar-refractivity contribution in [2.45, 2.75) is 11.8 Å². The van der Waals surface area contributed by atoms with Gasteiger partial charge in [0, 0.05) is 5.56 Å². The summed E-state index contributed by atoms with van der Waals surface area (Å²) in [6, 6.07) is 9.86. The normalized spacial score (nSPS) is 13.2. The molecule has 8 heteroatoms. The molecule has 2 aromatic carbocycles. The number of nitrogens with zero attached hydrogens (tertiary/aromatic N) is 1. The van der Waals surface area contributed by atoms with Gasteiger partial charge in [-0.15, -0.1) is 0 Å². The Morgan fingerprint density at radius 2 is 1.96 bits per heavy atom. The van der Waals surface area contributed by atoms with Crippen molar-refractivity contribution in [3.63, 3.8) is 0 Å². The van der Waals surface area contributed by atoms with Gasteiger partial charge in [-0.3, -0.25) is 0 Å². The number of sulfonamides is 1. The fourth-order valence-corrected chi connectivity index (χ4v) is 2.96. The lowest BCUT2D eigenvalue weighted by atomic mass is 10.2. The molecule has 0 aromatic heterocycles. The van der Waals surface area contributed by atoms with E-state index in [-0.39, 0.29) is 11.7 Å². The zero-order valence-corrected chi connectivity index (χ0v) is 14.0. The molecule has 0 saturated heterocycles. The van der Waals surface area contributed by atoms with E-state index in [0.29, 0.717) is 22.8 Å². The van der Waals surface area contributed by atoms with Gasteiger partial charge in [0.15, 0.2) is 11.5 Å². The standard InChI is InChI=1S/C16H16N2O5S/c1-11-3-5-13(6-4-11)24(19,20)18-17-9-12-7-14(21-2)16-15(8-12)22-10-23-16/h3-9,18H,10H2,1-2H3/b17-9-. The van der Waals surface area contributed by atoms with Gasteiger partial charge in [0.2, 0.25) is 12.5 Å². The van der Waals surface area contributed by atoms with Crippen LogP contribution in [-0.4, -0.2) is 28.5 Å². The Morgan fingerprint density at radius 1 is 1.21 bits per heavy atom. The van der Waals surface area contributed by atoms with Gasteiger partial charge >= 0.3 is 0 Å². The number of hydrogen-bond acceptors (Lipinski definition) is 6. The molecule has 1 aliphatic heterocycles. The van der Waals surface area contributed by atoms with Crippen molar-refractivity contribution in [3.8, 4) is 17.2 Å². The van der Waals surface area contributed by atoms with Gasteiger partial charge in [0.1, 0.15) is 0 Å². The van der Waals surface area contributed by atoms with Crippen molar-refractivity contribution in [2.75, 3.05) is 13.9 Å². The molecule has 0 fully saturated rings. The lowest BCUT2D eigenvalue weighted by molar-refractivity contribution is 0.171. The summed E-state index contributed by atoms with van der Waals surface area (Å²) in [6.45, 7) is 2.00. The van der Waals surface area contributed by atoms with Gasteiger partial charge in [-0.25, -0.2) is 4.83 Å². The van der Waals surface area contributed by atoms with Crippen LogP contribution in [0.15, 0.2) is 46.4 Å². The molecule has 0 bridgehead atoms. The Hall–Kier alpha value is -2.74. The van der Waals surface area contributed by atoms with Crippen LogP contribution < -0.4 is 19.0 Å². The number of hydrogen-bond donors (Lipinski definition) is 1. The minimum absolute atomic E-state index is 0.117. The number of hydrazone groups is 1. The van der Waals surface area contributed by atoms with E-state index in [1.807, 2.05) is 6.92 Å². The van der Waals surface area contributed by atoms with Crippen LogP contribution in [0.5, 0.6) is 17.2 Å². The quantitative estimate of drug-likeness (QED) is 0.660. The first-order valence-corrected chi connectivity index (χ1v) is 8.57. The third-order valence-corrected chi connectivity index (χ3v) is 4.64. The maximum atomic E-state index is 12.1. The Morgan fingerprint density at radius 3 is 2.67 bits per heavy atom. The summed E-state index contributed by atoms with van der Waals surface area (Å²) >= 11 is 0. The number of fused-ring (bicyclic) bond motifs is 1. The monoisotopic (exact) mass is 348 g/mol. The maximum Gasteiger partial charge on any atom is 0.276 e. The van der Waals surface area contributed by atoms with Crippen molar-refractivity contribution in [3.05, 3.63) is 47.5 Å². The smallest absolute Gasteiger partial charge is 0.276 e. The highest BCUT2D eigenvalue weighted by Crippen LogP contribution is 2.41. The van der Waals surface area contributed by atoms with Gasteiger partial charge in [-0.1, -0.05) is 17.7 Å². The minimum Gasteiger partial charge on any atom is -0.493 e. The lowest BCUT2D eigenvalue weighted by Crippen LogP contribution is -2.18. The minimum atomic E-state index is -3.71. The second-order valence-corrected chi connectivity index (χ2v) is 6.78. The average molecular weight is 348 g/mol. The summed E-state index contributed by atoms with van der Waals surface area (Å²) < 4.78 is 40.1. The van der Waals surface area contributed by atoms with Crippen LogP contribution in [0.25, 0.3) is 0 Å². The topological polar surface area (TPSA) is 86.2 Å². The number of rotatable bonds is 5. The molecule has 1 aliphatic rings. The van der Waals surface area contributed by atoms with Gasteiger partial charge in [0.05, 0.1) is 18.2 Å². The highest BCUT2D eigenvalue weighted by atomic mass is 32.2. The van der Waals surface area contributed by atoms with E-state index >= 15 is 0 Å². The van der Waals surface area contributed by atoms with Crippen LogP contribution in [0.2, 0.25) is 0 Å². The van der Waals surface area contributed by atoms with Crippen LogP contribution in [0, 0.1) is 6.92 Å². The van der Waals surface area contributed by atoms with Crippen LogP contribution in [-0.2, 0) is 10.0 Å². The van der Waals surface area contributed by atoms with E-state index < -0.39 is 10.0 Å². The third-order valence-electron chi connectivity index (χ3n) is 3.40. The van der Waals surface area contributed by atoms with E-state index in [9.17, 15) is 8.42 Å². The molecule has 0 radical (unpaired) electrons. The molecule has 0 unspecified atom stereocenters. The third kappa shape index (κ3) is 3.28. The molecule has 1 N–H and O–H groups in total. The second-order valence-electron chi connectivity index (χ2n) is 5.12. The summed E-state index contributed by atoms with van der Waals surface area (Å²) in [4.78, 5) is 2.32. The number of nitrogens with one attached hydrogen (secondary N) is 1. The Bertz CT molecular complexity index is 876. The van der Waals surface area contributed by atoms with Gasteiger partial charge < -0.3 is 14.2 Å². The van der Waals surface area contributed by atoms with Crippen LogP contribution in [0.4, 0.5) is 0 Å². The molecule has 2 aromatic rings. The Balaban J connectivity index is 1.78. The van der Waals surface area contributed by atoms with Crippen LogP contribution in [0.1, 0.15) is 11.1 Å². The zero-order valence-electron chi connectivity index (χ0n) is 13.1. The molecule has 0 atom stereocenters. The van der Waals surface area contributed by atoms with Gasteiger partial charge in [-0.2, -0.15) is 13.5 Å². The molecular weight excluding hydrogens is 332 g/mol. The van der Waals surface area contributed by atoms with E-state index in [4.69, 9.17) is 14.2 Å². The summed E-state index contributed by atoms with van der Waals surface area (Å²) in [5, 5.41) is 3.80. The van der Waals surface area contributed by atoms with Crippen molar-refractivity contribution in [2.24, 2.45) is 5.10 Å². The first-order chi connectivity index (χ1) is 11.5. The van der Waals surface area contributed by atoms with Crippen molar-refractivity contribution in [1.29, 1.82) is 0 Å². The molecule has 24 heavy (non-hydrogen) atoms. The number of benzene rings is 2. The fourth-order valence-electron chi connectivity index (χ4n) is 2.16. The molecule has 0 spiro atoms. The van der Waals surface area contributed by atoms with E-state index in [0.717, 1.165) is 5.56 Å². The van der Waals surface area contributed by atoms with Crippen molar-refractivity contribution >= 4 is 16.2 Å². The molecule has 0 aliphatic carbocycles. The number of methoxy groups -OCH3 is 1. The highest BCUT2D eigenvalue weighted by Gasteiger charge is 2.19. The average Bonchev–Trinajstić information content (AvgIpc) is 3.03. The summed E-state index contributed by atoms with van der Waals surface area (Å²) in [5.41, 5.74) is 1.59. The lowest BCUT2D eigenvalue weighted by Gasteiger charge is -2.06. The molecule has 126 valence electrons. The Kier molecular flexibility index (Phi) is 4.30. The largest absolute Gasteiger partial charge is 0.493 e. The molecule has 7 nitrogen and oxygen atoms in total. The summed E-state index contributed by atoms with van der Waals surface area (Å²) in [6.07, 6.45) is 1.37. The van der Waals surface area contributed by atoms with Crippen molar-refractivity contribution < 1.29 is 22.6 Å². The number of ether oxygens (including phenoxy) is 3. The fraction of sp³-hybridized carbons (Fsp3) is 0.188. The number of aryl methyl sites for hydroxylation is 1. The maximum absolute atomic E-state index is 12.1. The molecule has 1 heterocycles. The molecular formula is C16H16N2O5S.